The normalized spacial score (nSPS) is 10.5. The highest BCUT2D eigenvalue weighted by atomic mass is 16.5. The third-order valence-electron chi connectivity index (χ3n) is 2.81. The fourth-order valence-electron chi connectivity index (χ4n) is 1.85. The molecule has 0 atom stereocenters. The number of ether oxygens (including phenoxy) is 1. The molecule has 0 unspecified atom stereocenters. The Labute approximate surface area is 100 Å². The number of nitrogens with one attached hydrogen (secondary N) is 1. The maximum Gasteiger partial charge on any atom is 0.226 e. The van der Waals surface area contributed by atoms with E-state index < -0.39 is 0 Å². The smallest absolute Gasteiger partial charge is 0.226 e. The van der Waals surface area contributed by atoms with Crippen molar-refractivity contribution in [2.45, 2.75) is 6.42 Å². The van der Waals surface area contributed by atoms with Gasteiger partial charge >= 0.3 is 0 Å². The van der Waals surface area contributed by atoms with E-state index in [0.29, 0.717) is 6.42 Å². The largest absolute Gasteiger partial charge is 0.496 e. The van der Waals surface area contributed by atoms with Crippen LogP contribution in [-0.2, 0) is 11.2 Å². The first-order chi connectivity index (χ1) is 8.13. The molecule has 0 aliphatic heterocycles. The van der Waals surface area contributed by atoms with Crippen molar-refractivity contribution in [3.05, 3.63) is 30.0 Å². The number of likely N-dealkylation sites (N-methyl/N-ethyl adjacent to an activating group) is 1. The van der Waals surface area contributed by atoms with Crippen molar-refractivity contribution in [3.63, 3.8) is 0 Å². The molecule has 2 rings (SSSR count). The molecule has 1 N–H and O–H groups in total. The van der Waals surface area contributed by atoms with Crippen LogP contribution in [-0.4, -0.2) is 37.0 Å². The van der Waals surface area contributed by atoms with E-state index in [1.54, 1.807) is 26.1 Å². The van der Waals surface area contributed by atoms with Crippen LogP contribution >= 0.6 is 0 Å². The Morgan fingerprint density at radius 1 is 1.41 bits per heavy atom. The Balaban J connectivity index is 2.44. The summed E-state index contributed by atoms with van der Waals surface area (Å²) < 4.78 is 5.32. The average molecular weight is 234 g/mol. The summed E-state index contributed by atoms with van der Waals surface area (Å²) in [6.07, 6.45) is 2.25. The summed E-state index contributed by atoms with van der Waals surface area (Å²) in [5, 5.41) is 0.991. The molecule has 2 aromatic rings. The molecule has 0 fully saturated rings. The third-order valence-corrected chi connectivity index (χ3v) is 2.81. The molecule has 0 saturated heterocycles. The fraction of sp³-hybridized carbons (Fsp3) is 0.308. The highest BCUT2D eigenvalue weighted by Crippen LogP contribution is 2.28. The predicted octanol–water partition coefficient (Wildman–Crippen LogP) is 1.81. The van der Waals surface area contributed by atoms with Crippen molar-refractivity contribution in [1.82, 2.24) is 9.88 Å². The molecule has 0 aliphatic carbocycles. The van der Waals surface area contributed by atoms with Gasteiger partial charge in [-0.05, 0) is 17.7 Å². The number of carbonyl (C=O) groups is 1. The van der Waals surface area contributed by atoms with E-state index >= 15 is 0 Å². The molecule has 1 heterocycles. The molecule has 1 aromatic heterocycles. The molecule has 0 radical (unpaired) electrons. The first kappa shape index (κ1) is 11.5. The number of methoxy groups -OCH3 is 1. The van der Waals surface area contributed by atoms with E-state index in [4.69, 9.17) is 4.74 Å². The number of rotatable bonds is 3. The maximum atomic E-state index is 11.7. The molecule has 0 bridgehead atoms. The van der Waals surface area contributed by atoms with E-state index in [2.05, 4.69) is 4.98 Å². The first-order valence-electron chi connectivity index (χ1n) is 5.46. The van der Waals surface area contributed by atoms with Crippen LogP contribution < -0.4 is 4.74 Å². The van der Waals surface area contributed by atoms with E-state index in [9.17, 15) is 4.79 Å². The highest BCUT2D eigenvalue weighted by molar-refractivity contribution is 5.93. The Morgan fingerprint density at radius 3 is 2.82 bits per heavy atom. The number of benzene rings is 1. The van der Waals surface area contributed by atoms with Crippen molar-refractivity contribution in [2.24, 2.45) is 0 Å². The van der Waals surface area contributed by atoms with Gasteiger partial charge < -0.3 is 14.6 Å². The number of fused-ring (bicyclic) bond motifs is 1. The van der Waals surface area contributed by atoms with Crippen LogP contribution in [0.15, 0.2) is 24.4 Å². The average Bonchev–Trinajstić information content (AvgIpc) is 2.72. The number of nitrogens with zero attached hydrogens (tertiary/aromatic N) is 1. The van der Waals surface area contributed by atoms with Gasteiger partial charge in [0, 0.05) is 31.2 Å². The second-order valence-corrected chi connectivity index (χ2v) is 4.16. The lowest BCUT2D eigenvalue weighted by Gasteiger charge is -2.10. The Hall–Kier alpha value is -1.97. The zero-order valence-corrected chi connectivity index (χ0v) is 10.3. The van der Waals surface area contributed by atoms with Gasteiger partial charge in [-0.2, -0.15) is 0 Å². The highest BCUT2D eigenvalue weighted by Gasteiger charge is 2.13. The molecule has 4 heteroatoms. The zero-order chi connectivity index (χ0) is 12.4. The predicted molar refractivity (Wildman–Crippen MR) is 67.2 cm³/mol. The SMILES string of the molecule is COc1cccc2[nH]cc(CC(=O)N([13CH3])[13CH3])c12. The molecule has 0 saturated carbocycles. The lowest BCUT2D eigenvalue weighted by atomic mass is 10.1. The van der Waals surface area contributed by atoms with Gasteiger partial charge in [-0.3, -0.25) is 4.79 Å². The number of aromatic nitrogens is 1. The van der Waals surface area contributed by atoms with Crippen molar-refractivity contribution < 1.29 is 9.53 Å². The summed E-state index contributed by atoms with van der Waals surface area (Å²) in [5.41, 5.74) is 1.96. The summed E-state index contributed by atoms with van der Waals surface area (Å²) in [6, 6.07) is 5.80. The van der Waals surface area contributed by atoms with Crippen LogP contribution in [0.3, 0.4) is 0 Å². The van der Waals surface area contributed by atoms with E-state index in [1.807, 2.05) is 24.4 Å². The van der Waals surface area contributed by atoms with Gasteiger partial charge in [-0.25, -0.2) is 0 Å². The number of hydrogen-bond acceptors (Lipinski definition) is 2. The topological polar surface area (TPSA) is 45.3 Å². The number of carbonyl (C=O) groups excluding carboxylic acids is 1. The molecule has 17 heavy (non-hydrogen) atoms. The maximum absolute atomic E-state index is 11.7. The van der Waals surface area contributed by atoms with E-state index in [0.717, 1.165) is 22.2 Å². The first-order valence-corrected chi connectivity index (χ1v) is 5.46. The monoisotopic (exact) mass is 234 g/mol. The summed E-state index contributed by atoms with van der Waals surface area (Å²) in [4.78, 5) is 16.5. The number of hydrogen-bond donors (Lipinski definition) is 1. The van der Waals surface area contributed by atoms with E-state index in [-0.39, 0.29) is 5.91 Å². The van der Waals surface area contributed by atoms with Crippen LogP contribution in [0.4, 0.5) is 0 Å². The quantitative estimate of drug-likeness (QED) is 0.823. The summed E-state index contributed by atoms with van der Waals surface area (Å²) in [5.74, 6) is 0.877. The molecule has 1 amide bonds. The second-order valence-electron chi connectivity index (χ2n) is 4.16. The number of amides is 1. The Kier molecular flexibility index (Phi) is 3.04. The molecule has 90 valence electrons. The summed E-state index contributed by atoms with van der Waals surface area (Å²) >= 11 is 0. The van der Waals surface area contributed by atoms with Gasteiger partial charge in [0.2, 0.25) is 5.91 Å². The van der Waals surface area contributed by atoms with Crippen LogP contribution in [0, 0.1) is 0 Å². The van der Waals surface area contributed by atoms with Crippen LogP contribution in [0.1, 0.15) is 5.56 Å². The summed E-state index contributed by atoms with van der Waals surface area (Å²) in [6.45, 7) is 0. The fourth-order valence-corrected chi connectivity index (χ4v) is 1.85. The van der Waals surface area contributed by atoms with Crippen molar-refractivity contribution in [2.75, 3.05) is 21.2 Å². The molecule has 0 spiro atoms. The third kappa shape index (κ3) is 2.11. The van der Waals surface area contributed by atoms with Gasteiger partial charge in [0.25, 0.3) is 0 Å². The molecule has 0 aliphatic rings. The minimum atomic E-state index is 0.0804. The van der Waals surface area contributed by atoms with Crippen molar-refractivity contribution in [3.8, 4) is 5.75 Å². The van der Waals surface area contributed by atoms with Crippen molar-refractivity contribution in [1.29, 1.82) is 0 Å². The van der Waals surface area contributed by atoms with E-state index in [1.165, 1.54) is 0 Å². The van der Waals surface area contributed by atoms with Gasteiger partial charge in [0.15, 0.2) is 0 Å². The minimum Gasteiger partial charge on any atom is -0.496 e. The lowest BCUT2D eigenvalue weighted by Crippen LogP contribution is -2.23. The summed E-state index contributed by atoms with van der Waals surface area (Å²) in [7, 11) is 5.15. The molecular formula is C13H16N2O2. The van der Waals surface area contributed by atoms with Crippen LogP contribution in [0.5, 0.6) is 5.75 Å². The second kappa shape index (κ2) is 4.49. The van der Waals surface area contributed by atoms with Crippen LogP contribution in [0.2, 0.25) is 0 Å². The van der Waals surface area contributed by atoms with Crippen molar-refractivity contribution >= 4 is 16.8 Å². The molecule has 1 aromatic carbocycles. The van der Waals surface area contributed by atoms with Gasteiger partial charge in [-0.15, -0.1) is 0 Å². The van der Waals surface area contributed by atoms with Crippen LogP contribution in [0.25, 0.3) is 10.9 Å². The van der Waals surface area contributed by atoms with Gasteiger partial charge in [-0.1, -0.05) is 6.07 Å². The zero-order valence-electron chi connectivity index (χ0n) is 10.3. The molecule has 4 nitrogen and oxygen atoms in total. The Bertz CT molecular complexity index is 543. The number of aromatic amines is 1. The Morgan fingerprint density at radius 2 is 2.18 bits per heavy atom. The van der Waals surface area contributed by atoms with Gasteiger partial charge in [0.1, 0.15) is 5.75 Å². The lowest BCUT2D eigenvalue weighted by molar-refractivity contribution is -0.127. The van der Waals surface area contributed by atoms with Gasteiger partial charge in [0.05, 0.1) is 13.5 Å². The standard InChI is InChI=1S/C13H16N2O2/c1-15(2)12(16)7-9-8-14-10-5-4-6-11(17-3)13(9)10/h4-6,8,14H,7H2,1-3H3/i1+1,2+1. The molecular weight excluding hydrogens is 218 g/mol. The minimum absolute atomic E-state index is 0.0804. The number of H-pyrrole nitrogens is 1.